The lowest BCUT2D eigenvalue weighted by Gasteiger charge is -2.12. The highest BCUT2D eigenvalue weighted by molar-refractivity contribution is 5.85. The largest absolute Gasteiger partial charge is 0.489 e. The second-order valence-corrected chi connectivity index (χ2v) is 8.34. The molecule has 2 heterocycles. The normalized spacial score (nSPS) is 15.1. The van der Waals surface area contributed by atoms with Crippen LogP contribution in [-0.2, 0) is 6.61 Å². The van der Waals surface area contributed by atoms with Gasteiger partial charge in [-0.3, -0.25) is 4.40 Å². The van der Waals surface area contributed by atoms with Crippen LogP contribution in [0.15, 0.2) is 67.0 Å². The Morgan fingerprint density at radius 1 is 0.968 bits per heavy atom. The molecule has 5 rings (SSSR count). The number of nitrogen functional groups attached to an aromatic ring is 1. The van der Waals surface area contributed by atoms with E-state index in [1.54, 1.807) is 6.20 Å². The van der Waals surface area contributed by atoms with E-state index in [1.165, 1.54) is 38.5 Å². The molecule has 1 saturated carbocycles. The fraction of sp³-hybridized carbons (Fsp3) is 0.308. The molecule has 158 valence electrons. The van der Waals surface area contributed by atoms with Gasteiger partial charge in [-0.05, 0) is 30.5 Å². The summed E-state index contributed by atoms with van der Waals surface area (Å²) in [6.07, 6.45) is 11.3. The van der Waals surface area contributed by atoms with Gasteiger partial charge in [-0.2, -0.15) is 0 Å². The summed E-state index contributed by atoms with van der Waals surface area (Å²) in [5.74, 6) is 2.90. The first-order chi connectivity index (χ1) is 15.3. The molecular formula is C26H28N4O. The smallest absolute Gasteiger partial charge is 0.150 e. The van der Waals surface area contributed by atoms with Gasteiger partial charge in [0.2, 0.25) is 0 Å². The zero-order valence-corrected chi connectivity index (χ0v) is 17.7. The van der Waals surface area contributed by atoms with Crippen LogP contribution in [0.25, 0.3) is 16.8 Å². The highest BCUT2D eigenvalue weighted by atomic mass is 16.5. The molecule has 2 N–H and O–H groups in total. The molecule has 0 aliphatic heterocycles. The lowest BCUT2D eigenvalue weighted by atomic mass is 10.00. The van der Waals surface area contributed by atoms with Gasteiger partial charge in [-0.1, -0.05) is 68.1 Å². The average Bonchev–Trinajstić information content (AvgIpc) is 3.00. The van der Waals surface area contributed by atoms with E-state index in [4.69, 9.17) is 15.5 Å². The van der Waals surface area contributed by atoms with Crippen molar-refractivity contribution >= 4 is 11.3 Å². The third kappa shape index (κ3) is 4.13. The van der Waals surface area contributed by atoms with E-state index in [2.05, 4.69) is 33.7 Å². The number of imidazole rings is 1. The molecule has 0 saturated heterocycles. The molecule has 0 amide bonds. The summed E-state index contributed by atoms with van der Waals surface area (Å²) < 4.78 is 8.21. The minimum Gasteiger partial charge on any atom is -0.489 e. The number of fused-ring (bicyclic) bond motifs is 1. The van der Waals surface area contributed by atoms with Crippen LogP contribution in [0.2, 0.25) is 0 Å². The number of nitrogens with two attached hydrogens (primary N) is 1. The number of hydrogen-bond donors (Lipinski definition) is 1. The van der Waals surface area contributed by atoms with Crippen molar-refractivity contribution in [2.75, 3.05) is 5.73 Å². The molecule has 0 atom stereocenters. The third-order valence-electron chi connectivity index (χ3n) is 6.19. The highest BCUT2D eigenvalue weighted by Gasteiger charge is 2.23. The van der Waals surface area contributed by atoms with E-state index < -0.39 is 0 Å². The SMILES string of the molecule is Nc1nccn2c(C3CCCCCC3)nc(-c3cccc(OCc4ccccc4)c3)c12. The Kier molecular flexibility index (Phi) is 5.57. The van der Waals surface area contributed by atoms with Gasteiger partial charge in [0.05, 0.1) is 0 Å². The number of ether oxygens (including phenoxy) is 1. The first kappa shape index (κ1) is 19.6. The maximum absolute atomic E-state index is 6.34. The van der Waals surface area contributed by atoms with Crippen LogP contribution in [0.5, 0.6) is 5.75 Å². The van der Waals surface area contributed by atoms with Crippen LogP contribution in [0.4, 0.5) is 5.82 Å². The summed E-state index contributed by atoms with van der Waals surface area (Å²) in [4.78, 5) is 9.49. The summed E-state index contributed by atoms with van der Waals surface area (Å²) in [7, 11) is 0. The minimum atomic E-state index is 0.461. The Balaban J connectivity index is 1.51. The zero-order chi connectivity index (χ0) is 21.0. The number of rotatable bonds is 5. The van der Waals surface area contributed by atoms with Crippen LogP contribution >= 0.6 is 0 Å². The standard InChI is InChI=1S/C26H28N4O/c27-25-24-23(21-13-8-14-22(17-21)31-18-19-9-4-3-5-10-19)29-26(30(24)16-15-28-25)20-11-6-1-2-7-12-20/h3-5,8-10,13-17,20H,1-2,6-7,11-12,18H2,(H2,27,28). The van der Waals surface area contributed by atoms with Crippen molar-refractivity contribution in [2.24, 2.45) is 0 Å². The summed E-state index contributed by atoms with van der Waals surface area (Å²) in [5, 5.41) is 0. The molecule has 0 unspecified atom stereocenters. The molecule has 4 aromatic rings. The summed E-state index contributed by atoms with van der Waals surface area (Å²) in [5.41, 5.74) is 10.3. The van der Waals surface area contributed by atoms with Crippen LogP contribution < -0.4 is 10.5 Å². The van der Waals surface area contributed by atoms with Crippen molar-refractivity contribution in [3.05, 3.63) is 78.4 Å². The fourth-order valence-corrected chi connectivity index (χ4v) is 4.59. The van der Waals surface area contributed by atoms with Crippen LogP contribution in [0.1, 0.15) is 55.8 Å². The predicted octanol–water partition coefficient (Wildman–Crippen LogP) is 6.00. The Bertz CT molecular complexity index is 1160. The first-order valence-electron chi connectivity index (χ1n) is 11.2. The molecule has 1 fully saturated rings. The van der Waals surface area contributed by atoms with E-state index in [0.717, 1.165) is 33.9 Å². The number of hydrogen-bond acceptors (Lipinski definition) is 4. The molecule has 2 aromatic heterocycles. The monoisotopic (exact) mass is 412 g/mol. The molecule has 5 heteroatoms. The zero-order valence-electron chi connectivity index (χ0n) is 17.7. The van der Waals surface area contributed by atoms with E-state index in [9.17, 15) is 0 Å². The number of aromatic nitrogens is 3. The minimum absolute atomic E-state index is 0.461. The molecule has 0 spiro atoms. The second kappa shape index (κ2) is 8.80. The molecule has 0 radical (unpaired) electrons. The highest BCUT2D eigenvalue weighted by Crippen LogP contribution is 2.36. The van der Waals surface area contributed by atoms with Crippen molar-refractivity contribution in [1.29, 1.82) is 0 Å². The van der Waals surface area contributed by atoms with Gasteiger partial charge in [0.15, 0.2) is 0 Å². The summed E-state index contributed by atoms with van der Waals surface area (Å²) in [6.45, 7) is 0.533. The van der Waals surface area contributed by atoms with E-state index >= 15 is 0 Å². The predicted molar refractivity (Wildman–Crippen MR) is 124 cm³/mol. The molecule has 31 heavy (non-hydrogen) atoms. The van der Waals surface area contributed by atoms with Gasteiger partial charge in [0.1, 0.15) is 35.2 Å². The molecule has 0 bridgehead atoms. The summed E-state index contributed by atoms with van der Waals surface area (Å²) in [6, 6.07) is 18.3. The summed E-state index contributed by atoms with van der Waals surface area (Å²) >= 11 is 0. The van der Waals surface area contributed by atoms with Crippen LogP contribution in [0, 0.1) is 0 Å². The van der Waals surface area contributed by atoms with Crippen LogP contribution in [-0.4, -0.2) is 14.4 Å². The van der Waals surface area contributed by atoms with Crippen molar-refractivity contribution in [3.8, 4) is 17.0 Å². The Hall–Kier alpha value is -3.34. The lowest BCUT2D eigenvalue weighted by Crippen LogP contribution is -2.04. The second-order valence-electron chi connectivity index (χ2n) is 8.34. The van der Waals surface area contributed by atoms with Gasteiger partial charge in [0.25, 0.3) is 0 Å². The van der Waals surface area contributed by atoms with E-state index in [0.29, 0.717) is 18.3 Å². The van der Waals surface area contributed by atoms with Gasteiger partial charge in [-0.25, -0.2) is 9.97 Å². The lowest BCUT2D eigenvalue weighted by molar-refractivity contribution is 0.306. The van der Waals surface area contributed by atoms with Crippen molar-refractivity contribution < 1.29 is 4.74 Å². The van der Waals surface area contributed by atoms with E-state index in [-0.39, 0.29) is 0 Å². The Labute approximate surface area is 182 Å². The van der Waals surface area contributed by atoms with Gasteiger partial charge < -0.3 is 10.5 Å². The van der Waals surface area contributed by atoms with Crippen LogP contribution in [0.3, 0.4) is 0 Å². The Morgan fingerprint density at radius 2 is 1.77 bits per heavy atom. The topological polar surface area (TPSA) is 65.4 Å². The number of nitrogens with zero attached hydrogens (tertiary/aromatic N) is 3. The van der Waals surface area contributed by atoms with Gasteiger partial charge in [0, 0.05) is 23.9 Å². The van der Waals surface area contributed by atoms with Crippen molar-refractivity contribution in [1.82, 2.24) is 14.4 Å². The first-order valence-corrected chi connectivity index (χ1v) is 11.2. The third-order valence-corrected chi connectivity index (χ3v) is 6.19. The quantitative estimate of drug-likeness (QED) is 0.409. The average molecular weight is 413 g/mol. The van der Waals surface area contributed by atoms with Crippen molar-refractivity contribution in [2.45, 2.75) is 51.0 Å². The Morgan fingerprint density at radius 3 is 2.58 bits per heavy atom. The van der Waals surface area contributed by atoms with E-state index in [1.807, 2.05) is 36.5 Å². The molecule has 1 aliphatic carbocycles. The molecule has 5 nitrogen and oxygen atoms in total. The maximum Gasteiger partial charge on any atom is 0.150 e. The number of benzene rings is 2. The number of anilines is 1. The maximum atomic E-state index is 6.34. The fourth-order valence-electron chi connectivity index (χ4n) is 4.59. The molecular weight excluding hydrogens is 384 g/mol. The van der Waals surface area contributed by atoms with Crippen molar-refractivity contribution in [3.63, 3.8) is 0 Å². The van der Waals surface area contributed by atoms with Gasteiger partial charge >= 0.3 is 0 Å². The molecule has 1 aliphatic rings. The van der Waals surface area contributed by atoms with Gasteiger partial charge in [-0.15, -0.1) is 0 Å². The molecule has 2 aromatic carbocycles.